The van der Waals surface area contributed by atoms with Crippen molar-refractivity contribution >= 4 is 22.3 Å². The highest BCUT2D eigenvalue weighted by molar-refractivity contribution is 5.98. The Hall–Kier alpha value is -2.82. The fraction of sp³-hybridized carbons (Fsp3) is 0.125. The SMILES string of the molecule is COc1cc(CNc2ccc(N)c3ncccc23)ccn1. The van der Waals surface area contributed by atoms with Gasteiger partial charge in [-0.25, -0.2) is 4.98 Å². The zero-order chi connectivity index (χ0) is 14.7. The lowest BCUT2D eigenvalue weighted by Crippen LogP contribution is -2.02. The van der Waals surface area contributed by atoms with Gasteiger partial charge in [0.1, 0.15) is 0 Å². The smallest absolute Gasteiger partial charge is 0.213 e. The van der Waals surface area contributed by atoms with Gasteiger partial charge in [-0.15, -0.1) is 0 Å². The lowest BCUT2D eigenvalue weighted by atomic mass is 10.1. The number of nitrogens with one attached hydrogen (secondary N) is 1. The Kier molecular flexibility index (Phi) is 3.55. The Morgan fingerprint density at radius 1 is 1.14 bits per heavy atom. The van der Waals surface area contributed by atoms with Crippen LogP contribution in [-0.2, 0) is 6.54 Å². The fourth-order valence-corrected chi connectivity index (χ4v) is 2.22. The third-order valence-electron chi connectivity index (χ3n) is 3.29. The third kappa shape index (κ3) is 2.72. The first kappa shape index (κ1) is 13.2. The molecule has 3 rings (SSSR count). The van der Waals surface area contributed by atoms with Gasteiger partial charge in [0.25, 0.3) is 0 Å². The minimum absolute atomic E-state index is 0.609. The molecular weight excluding hydrogens is 264 g/mol. The zero-order valence-corrected chi connectivity index (χ0v) is 11.7. The number of hydrogen-bond acceptors (Lipinski definition) is 5. The monoisotopic (exact) mass is 280 g/mol. The van der Waals surface area contributed by atoms with E-state index in [2.05, 4.69) is 15.3 Å². The number of aromatic nitrogens is 2. The van der Waals surface area contributed by atoms with Gasteiger partial charge in [-0.3, -0.25) is 4.98 Å². The van der Waals surface area contributed by atoms with Crippen LogP contribution >= 0.6 is 0 Å². The first-order valence-corrected chi connectivity index (χ1v) is 6.64. The molecule has 0 saturated carbocycles. The van der Waals surface area contributed by atoms with Crippen LogP contribution in [0.25, 0.3) is 10.9 Å². The Balaban J connectivity index is 1.87. The molecule has 0 bridgehead atoms. The predicted octanol–water partition coefficient (Wildman–Crippen LogP) is 2.83. The molecule has 0 aliphatic heterocycles. The average Bonchev–Trinajstić information content (AvgIpc) is 2.55. The summed E-state index contributed by atoms with van der Waals surface area (Å²) in [5.41, 5.74) is 9.55. The van der Waals surface area contributed by atoms with Crippen molar-refractivity contribution in [3.63, 3.8) is 0 Å². The number of rotatable bonds is 4. The van der Waals surface area contributed by atoms with Crippen LogP contribution in [-0.4, -0.2) is 17.1 Å². The minimum Gasteiger partial charge on any atom is -0.481 e. The second-order valence-corrected chi connectivity index (χ2v) is 4.66. The molecule has 106 valence electrons. The Labute approximate surface area is 122 Å². The molecule has 1 aromatic carbocycles. The molecule has 3 N–H and O–H groups in total. The van der Waals surface area contributed by atoms with Gasteiger partial charge >= 0.3 is 0 Å². The van der Waals surface area contributed by atoms with Gasteiger partial charge < -0.3 is 15.8 Å². The van der Waals surface area contributed by atoms with Gasteiger partial charge in [0.2, 0.25) is 5.88 Å². The second kappa shape index (κ2) is 5.66. The van der Waals surface area contributed by atoms with E-state index in [1.54, 1.807) is 19.5 Å². The highest BCUT2D eigenvalue weighted by atomic mass is 16.5. The van der Waals surface area contributed by atoms with Crippen LogP contribution in [0.15, 0.2) is 48.8 Å². The largest absolute Gasteiger partial charge is 0.481 e. The van der Waals surface area contributed by atoms with Crippen molar-refractivity contribution in [3.05, 3.63) is 54.4 Å². The number of fused-ring (bicyclic) bond motifs is 1. The van der Waals surface area contributed by atoms with E-state index in [0.29, 0.717) is 18.1 Å². The molecule has 5 heteroatoms. The van der Waals surface area contributed by atoms with Gasteiger partial charge in [-0.05, 0) is 35.9 Å². The van der Waals surface area contributed by atoms with Crippen molar-refractivity contribution < 1.29 is 4.74 Å². The van der Waals surface area contributed by atoms with E-state index in [-0.39, 0.29) is 0 Å². The molecule has 0 unspecified atom stereocenters. The molecule has 0 atom stereocenters. The number of benzene rings is 1. The van der Waals surface area contributed by atoms with Crippen molar-refractivity contribution in [2.45, 2.75) is 6.54 Å². The maximum atomic E-state index is 5.96. The fourth-order valence-electron chi connectivity index (χ4n) is 2.22. The number of pyridine rings is 2. The summed E-state index contributed by atoms with van der Waals surface area (Å²) < 4.78 is 5.13. The Morgan fingerprint density at radius 3 is 2.90 bits per heavy atom. The standard InChI is InChI=1S/C16H16N4O/c1-21-15-9-11(6-8-18-15)10-20-14-5-4-13(17)16-12(14)3-2-7-19-16/h2-9,20H,10,17H2,1H3. The molecule has 21 heavy (non-hydrogen) atoms. The minimum atomic E-state index is 0.609. The van der Waals surface area contributed by atoms with E-state index in [1.165, 1.54) is 0 Å². The number of methoxy groups -OCH3 is 1. The summed E-state index contributed by atoms with van der Waals surface area (Å²) in [7, 11) is 1.61. The second-order valence-electron chi connectivity index (χ2n) is 4.66. The molecule has 0 aliphatic carbocycles. The van der Waals surface area contributed by atoms with E-state index < -0.39 is 0 Å². The summed E-state index contributed by atoms with van der Waals surface area (Å²) in [5.74, 6) is 0.609. The van der Waals surface area contributed by atoms with Crippen LogP contribution in [0.4, 0.5) is 11.4 Å². The summed E-state index contributed by atoms with van der Waals surface area (Å²) in [4.78, 5) is 8.43. The topological polar surface area (TPSA) is 73.1 Å². The summed E-state index contributed by atoms with van der Waals surface area (Å²) in [6.45, 7) is 0.673. The predicted molar refractivity (Wildman–Crippen MR) is 84.3 cm³/mol. The van der Waals surface area contributed by atoms with Gasteiger partial charge in [0.05, 0.1) is 18.3 Å². The molecular formula is C16H16N4O. The highest BCUT2D eigenvalue weighted by Crippen LogP contribution is 2.26. The lowest BCUT2D eigenvalue weighted by molar-refractivity contribution is 0.397. The molecule has 2 heterocycles. The maximum absolute atomic E-state index is 5.96. The van der Waals surface area contributed by atoms with Gasteiger partial charge in [0, 0.05) is 36.1 Å². The number of ether oxygens (including phenoxy) is 1. The van der Waals surface area contributed by atoms with Gasteiger partial charge in [0.15, 0.2) is 0 Å². The number of nitrogens with two attached hydrogens (primary N) is 1. The number of anilines is 2. The molecule has 0 radical (unpaired) electrons. The van der Waals surface area contributed by atoms with Crippen molar-refractivity contribution in [2.24, 2.45) is 0 Å². The molecule has 0 saturated heterocycles. The van der Waals surface area contributed by atoms with E-state index in [4.69, 9.17) is 10.5 Å². The summed E-state index contributed by atoms with van der Waals surface area (Å²) >= 11 is 0. The van der Waals surface area contributed by atoms with Crippen molar-refractivity contribution in [1.29, 1.82) is 0 Å². The van der Waals surface area contributed by atoms with E-state index in [0.717, 1.165) is 22.2 Å². The molecule has 2 aromatic heterocycles. The average molecular weight is 280 g/mol. The van der Waals surface area contributed by atoms with Crippen molar-refractivity contribution in [2.75, 3.05) is 18.2 Å². The van der Waals surface area contributed by atoms with Crippen molar-refractivity contribution in [1.82, 2.24) is 9.97 Å². The molecule has 0 fully saturated rings. The Bertz CT molecular complexity index is 773. The summed E-state index contributed by atoms with van der Waals surface area (Å²) in [5, 5.41) is 4.42. The van der Waals surface area contributed by atoms with Gasteiger partial charge in [-0.2, -0.15) is 0 Å². The quantitative estimate of drug-likeness (QED) is 0.719. The number of nitrogen functional groups attached to an aromatic ring is 1. The zero-order valence-electron chi connectivity index (χ0n) is 11.7. The van der Waals surface area contributed by atoms with Crippen LogP contribution in [0, 0.1) is 0 Å². The first-order valence-electron chi connectivity index (χ1n) is 6.64. The normalized spacial score (nSPS) is 10.5. The molecule has 5 nitrogen and oxygen atoms in total. The lowest BCUT2D eigenvalue weighted by Gasteiger charge is -2.11. The van der Waals surface area contributed by atoms with Crippen LogP contribution < -0.4 is 15.8 Å². The summed E-state index contributed by atoms with van der Waals surface area (Å²) in [6.07, 6.45) is 3.48. The molecule has 0 aliphatic rings. The molecule has 0 amide bonds. The molecule has 3 aromatic rings. The van der Waals surface area contributed by atoms with E-state index >= 15 is 0 Å². The van der Waals surface area contributed by atoms with Crippen LogP contribution in [0.5, 0.6) is 5.88 Å². The summed E-state index contributed by atoms with van der Waals surface area (Å²) in [6, 6.07) is 11.6. The number of nitrogens with zero attached hydrogens (tertiary/aromatic N) is 2. The van der Waals surface area contributed by atoms with Crippen LogP contribution in [0.3, 0.4) is 0 Å². The highest BCUT2D eigenvalue weighted by Gasteiger charge is 2.05. The third-order valence-corrected chi connectivity index (χ3v) is 3.29. The number of hydrogen-bond donors (Lipinski definition) is 2. The molecule has 0 spiro atoms. The van der Waals surface area contributed by atoms with Crippen molar-refractivity contribution in [3.8, 4) is 5.88 Å². The maximum Gasteiger partial charge on any atom is 0.213 e. The van der Waals surface area contributed by atoms with Crippen LogP contribution in [0.2, 0.25) is 0 Å². The van der Waals surface area contributed by atoms with E-state index in [1.807, 2.05) is 36.4 Å². The Morgan fingerprint density at radius 2 is 2.05 bits per heavy atom. The van der Waals surface area contributed by atoms with Crippen LogP contribution in [0.1, 0.15) is 5.56 Å². The first-order chi connectivity index (χ1) is 10.3. The van der Waals surface area contributed by atoms with Gasteiger partial charge in [-0.1, -0.05) is 0 Å². The van der Waals surface area contributed by atoms with E-state index in [9.17, 15) is 0 Å².